The van der Waals surface area contributed by atoms with Gasteiger partial charge in [-0.1, -0.05) is 34.1 Å². The summed E-state index contributed by atoms with van der Waals surface area (Å²) in [5, 5.41) is 7.45. The molecule has 3 N–H and O–H groups in total. The largest absolute Gasteiger partial charge is 0.384 e. The Morgan fingerprint density at radius 1 is 1.37 bits per heavy atom. The van der Waals surface area contributed by atoms with E-state index in [0.717, 1.165) is 16.8 Å². The van der Waals surface area contributed by atoms with Gasteiger partial charge in [-0.25, -0.2) is 4.98 Å². The van der Waals surface area contributed by atoms with Crippen LogP contribution in [0.1, 0.15) is 11.1 Å². The topological polar surface area (TPSA) is 66.0 Å². The highest BCUT2D eigenvalue weighted by molar-refractivity contribution is 9.10. The number of nitrogen functional groups attached to an aromatic ring is 1. The molecule has 98 valence electrons. The Hall–Kier alpha value is -1.88. The van der Waals surface area contributed by atoms with Crippen LogP contribution in [0.15, 0.2) is 47.1 Å². The number of nitrogens with one attached hydrogen (secondary N) is 1. The highest BCUT2D eigenvalue weighted by atomic mass is 79.9. The SMILES string of the molecule is CN(Cc1ccccc1Br)c1cc(C(=N)N)ccn1. The van der Waals surface area contributed by atoms with Crippen LogP contribution in [0.5, 0.6) is 0 Å². The normalized spacial score (nSPS) is 10.2. The summed E-state index contributed by atoms with van der Waals surface area (Å²) < 4.78 is 1.07. The molecule has 0 atom stereocenters. The highest BCUT2D eigenvalue weighted by Gasteiger charge is 2.07. The van der Waals surface area contributed by atoms with E-state index in [0.29, 0.717) is 5.56 Å². The lowest BCUT2D eigenvalue weighted by Gasteiger charge is -2.19. The summed E-state index contributed by atoms with van der Waals surface area (Å²) in [6.07, 6.45) is 1.67. The van der Waals surface area contributed by atoms with Gasteiger partial charge in [0.05, 0.1) is 0 Å². The van der Waals surface area contributed by atoms with Crippen molar-refractivity contribution in [2.45, 2.75) is 6.54 Å². The molecule has 5 heteroatoms. The lowest BCUT2D eigenvalue weighted by atomic mass is 10.2. The van der Waals surface area contributed by atoms with Gasteiger partial charge >= 0.3 is 0 Å². The molecule has 0 amide bonds. The molecule has 4 nitrogen and oxygen atoms in total. The Morgan fingerprint density at radius 2 is 2.11 bits per heavy atom. The smallest absolute Gasteiger partial charge is 0.129 e. The number of anilines is 1. The molecular formula is C14H15BrN4. The Morgan fingerprint density at radius 3 is 2.79 bits per heavy atom. The first-order valence-electron chi connectivity index (χ1n) is 5.83. The average molecular weight is 319 g/mol. The van der Waals surface area contributed by atoms with Crippen molar-refractivity contribution in [2.75, 3.05) is 11.9 Å². The first-order valence-corrected chi connectivity index (χ1v) is 6.62. The van der Waals surface area contributed by atoms with E-state index in [9.17, 15) is 0 Å². The second kappa shape index (κ2) is 5.84. The van der Waals surface area contributed by atoms with E-state index in [4.69, 9.17) is 11.1 Å². The van der Waals surface area contributed by atoms with Crippen molar-refractivity contribution in [1.82, 2.24) is 4.98 Å². The van der Waals surface area contributed by atoms with Gasteiger partial charge in [0.15, 0.2) is 0 Å². The monoisotopic (exact) mass is 318 g/mol. The van der Waals surface area contributed by atoms with Crippen molar-refractivity contribution in [3.63, 3.8) is 0 Å². The Labute approximate surface area is 120 Å². The molecule has 0 fully saturated rings. The standard InChI is InChI=1S/C14H15BrN4/c1-19(9-11-4-2-3-5-12(11)15)13-8-10(14(16)17)6-7-18-13/h2-8H,9H2,1H3,(H3,16,17). The molecule has 0 unspecified atom stereocenters. The van der Waals surface area contributed by atoms with Crippen LogP contribution < -0.4 is 10.6 Å². The zero-order valence-corrected chi connectivity index (χ0v) is 12.2. The number of aromatic nitrogens is 1. The highest BCUT2D eigenvalue weighted by Crippen LogP contribution is 2.20. The van der Waals surface area contributed by atoms with Crippen molar-refractivity contribution in [2.24, 2.45) is 5.73 Å². The Bertz CT molecular complexity index is 598. The second-order valence-corrected chi connectivity index (χ2v) is 5.12. The fourth-order valence-corrected chi connectivity index (χ4v) is 2.17. The van der Waals surface area contributed by atoms with Gasteiger partial charge < -0.3 is 10.6 Å². The number of rotatable bonds is 4. The lowest BCUT2D eigenvalue weighted by Crippen LogP contribution is -2.19. The van der Waals surface area contributed by atoms with Crippen LogP contribution in [0, 0.1) is 5.41 Å². The van der Waals surface area contributed by atoms with Crippen molar-refractivity contribution in [3.8, 4) is 0 Å². The van der Waals surface area contributed by atoms with Crippen LogP contribution in [-0.2, 0) is 6.54 Å². The predicted molar refractivity (Wildman–Crippen MR) is 81.5 cm³/mol. The molecule has 1 aromatic carbocycles. The van der Waals surface area contributed by atoms with E-state index in [-0.39, 0.29) is 5.84 Å². The summed E-state index contributed by atoms with van der Waals surface area (Å²) in [6, 6.07) is 11.6. The summed E-state index contributed by atoms with van der Waals surface area (Å²) in [6.45, 7) is 0.732. The van der Waals surface area contributed by atoms with Gasteiger partial charge in [0.1, 0.15) is 11.7 Å². The van der Waals surface area contributed by atoms with Crippen molar-refractivity contribution in [3.05, 3.63) is 58.2 Å². The fraction of sp³-hybridized carbons (Fsp3) is 0.143. The zero-order chi connectivity index (χ0) is 13.8. The molecular weight excluding hydrogens is 304 g/mol. The molecule has 0 bridgehead atoms. The molecule has 0 radical (unpaired) electrons. The molecule has 2 aromatic rings. The van der Waals surface area contributed by atoms with Crippen molar-refractivity contribution < 1.29 is 0 Å². The van der Waals surface area contributed by atoms with Crippen LogP contribution >= 0.6 is 15.9 Å². The summed E-state index contributed by atoms with van der Waals surface area (Å²) in [4.78, 5) is 6.33. The number of nitrogens with zero attached hydrogens (tertiary/aromatic N) is 2. The maximum absolute atomic E-state index is 7.45. The summed E-state index contributed by atoms with van der Waals surface area (Å²) >= 11 is 3.53. The minimum absolute atomic E-state index is 0.0536. The zero-order valence-electron chi connectivity index (χ0n) is 10.6. The number of nitrogens with two attached hydrogens (primary N) is 1. The third-order valence-corrected chi connectivity index (χ3v) is 3.59. The van der Waals surface area contributed by atoms with Gasteiger partial charge in [-0.15, -0.1) is 0 Å². The average Bonchev–Trinajstić information content (AvgIpc) is 2.41. The van der Waals surface area contributed by atoms with Crippen molar-refractivity contribution in [1.29, 1.82) is 5.41 Å². The van der Waals surface area contributed by atoms with E-state index in [2.05, 4.69) is 27.0 Å². The van der Waals surface area contributed by atoms with E-state index in [1.165, 1.54) is 5.56 Å². The Balaban J connectivity index is 2.20. The molecule has 0 spiro atoms. The van der Waals surface area contributed by atoms with Crippen LogP contribution in [0.25, 0.3) is 0 Å². The molecule has 1 aromatic heterocycles. The molecule has 19 heavy (non-hydrogen) atoms. The van der Waals surface area contributed by atoms with Crippen LogP contribution in [-0.4, -0.2) is 17.9 Å². The maximum Gasteiger partial charge on any atom is 0.129 e. The minimum atomic E-state index is 0.0536. The maximum atomic E-state index is 7.45. The predicted octanol–water partition coefficient (Wildman–Crippen LogP) is 2.76. The number of pyridine rings is 1. The third kappa shape index (κ3) is 3.32. The van der Waals surface area contributed by atoms with E-state index in [1.807, 2.05) is 36.2 Å². The molecule has 0 aliphatic heterocycles. The van der Waals surface area contributed by atoms with Crippen LogP contribution in [0.4, 0.5) is 5.82 Å². The molecule has 0 aliphatic carbocycles. The fourth-order valence-electron chi connectivity index (χ4n) is 1.76. The van der Waals surface area contributed by atoms with Gasteiger partial charge in [0.2, 0.25) is 0 Å². The van der Waals surface area contributed by atoms with Gasteiger partial charge in [0.25, 0.3) is 0 Å². The summed E-state index contributed by atoms with van der Waals surface area (Å²) in [5.41, 5.74) is 7.35. The second-order valence-electron chi connectivity index (χ2n) is 4.26. The summed E-state index contributed by atoms with van der Waals surface area (Å²) in [5.74, 6) is 0.849. The van der Waals surface area contributed by atoms with Crippen LogP contribution in [0.2, 0.25) is 0 Å². The number of hydrogen-bond donors (Lipinski definition) is 2. The molecule has 2 rings (SSSR count). The minimum Gasteiger partial charge on any atom is -0.384 e. The Kier molecular flexibility index (Phi) is 4.16. The molecule has 0 saturated carbocycles. The number of halogens is 1. The van der Waals surface area contributed by atoms with Gasteiger partial charge in [0, 0.05) is 29.8 Å². The lowest BCUT2D eigenvalue weighted by molar-refractivity contribution is 0.893. The number of amidine groups is 1. The first-order chi connectivity index (χ1) is 9.08. The van der Waals surface area contributed by atoms with E-state index < -0.39 is 0 Å². The molecule has 0 aliphatic rings. The van der Waals surface area contributed by atoms with Crippen molar-refractivity contribution >= 4 is 27.6 Å². The summed E-state index contributed by atoms with van der Waals surface area (Å²) in [7, 11) is 1.96. The third-order valence-electron chi connectivity index (χ3n) is 2.81. The molecule has 1 heterocycles. The molecule has 0 saturated heterocycles. The van der Waals surface area contributed by atoms with E-state index >= 15 is 0 Å². The van der Waals surface area contributed by atoms with Gasteiger partial charge in [-0.3, -0.25) is 5.41 Å². The van der Waals surface area contributed by atoms with Gasteiger partial charge in [-0.05, 0) is 23.8 Å². The van der Waals surface area contributed by atoms with E-state index in [1.54, 1.807) is 12.3 Å². The number of benzene rings is 1. The number of hydrogen-bond acceptors (Lipinski definition) is 3. The quantitative estimate of drug-likeness (QED) is 0.673. The first kappa shape index (κ1) is 13.5. The van der Waals surface area contributed by atoms with Gasteiger partial charge in [-0.2, -0.15) is 0 Å². The van der Waals surface area contributed by atoms with Crippen LogP contribution in [0.3, 0.4) is 0 Å².